The normalized spacial score (nSPS) is 14.7. The minimum atomic E-state index is -0.171. The van der Waals surface area contributed by atoms with Crippen LogP contribution in [-0.4, -0.2) is 40.8 Å². The average Bonchev–Trinajstić information content (AvgIpc) is 2.71. The average molecular weight is 239 g/mol. The lowest BCUT2D eigenvalue weighted by Crippen LogP contribution is -2.37. The molecule has 1 rings (SSSR count). The molecule has 0 fully saturated rings. The summed E-state index contributed by atoms with van der Waals surface area (Å²) in [5.74, 6) is -0.308. The molecule has 0 saturated heterocycles. The molecule has 5 nitrogen and oxygen atoms in total. The Kier molecular flexibility index (Phi) is 4.69. The summed E-state index contributed by atoms with van der Waals surface area (Å²) in [5.41, 5.74) is 1.14. The molecule has 0 amide bonds. The molecule has 0 aliphatic heterocycles. The summed E-state index contributed by atoms with van der Waals surface area (Å²) >= 11 is 0. The Morgan fingerprint density at radius 3 is 2.71 bits per heavy atom. The molecule has 2 unspecified atom stereocenters. The summed E-state index contributed by atoms with van der Waals surface area (Å²) in [6, 6.07) is 0.127. The predicted octanol–water partition coefficient (Wildman–Crippen LogP) is 1.05. The first-order valence-corrected chi connectivity index (χ1v) is 5.71. The first kappa shape index (κ1) is 13.7. The monoisotopic (exact) mass is 239 g/mol. The van der Waals surface area contributed by atoms with Crippen molar-refractivity contribution in [1.29, 1.82) is 0 Å². The number of carbonyl (C=O) groups is 1. The fraction of sp³-hybridized carbons (Fsp3) is 0.667. The Morgan fingerprint density at radius 2 is 2.24 bits per heavy atom. The van der Waals surface area contributed by atoms with Gasteiger partial charge in [-0.05, 0) is 14.0 Å². The molecule has 96 valence electrons. The van der Waals surface area contributed by atoms with Crippen LogP contribution in [0.25, 0.3) is 0 Å². The fourth-order valence-electron chi connectivity index (χ4n) is 1.75. The van der Waals surface area contributed by atoms with E-state index in [4.69, 9.17) is 4.74 Å². The zero-order chi connectivity index (χ0) is 13.0. The van der Waals surface area contributed by atoms with Gasteiger partial charge in [0, 0.05) is 31.4 Å². The van der Waals surface area contributed by atoms with Crippen molar-refractivity contribution >= 4 is 5.97 Å². The van der Waals surface area contributed by atoms with Crippen molar-refractivity contribution in [2.24, 2.45) is 13.0 Å². The molecule has 2 atom stereocenters. The second kappa shape index (κ2) is 5.82. The van der Waals surface area contributed by atoms with E-state index in [1.165, 1.54) is 7.11 Å². The van der Waals surface area contributed by atoms with Crippen LogP contribution in [0.4, 0.5) is 0 Å². The molecule has 5 heteroatoms. The second-order valence-corrected chi connectivity index (χ2v) is 4.49. The van der Waals surface area contributed by atoms with Gasteiger partial charge in [-0.3, -0.25) is 14.4 Å². The SMILES string of the molecule is COC(=O)C(C)C(C)N(C)Cc1cnn(C)c1. The lowest BCUT2D eigenvalue weighted by Gasteiger charge is -2.27. The van der Waals surface area contributed by atoms with E-state index in [-0.39, 0.29) is 17.9 Å². The molecule has 17 heavy (non-hydrogen) atoms. The number of aromatic nitrogens is 2. The first-order chi connectivity index (χ1) is 7.95. The van der Waals surface area contributed by atoms with Crippen LogP contribution >= 0.6 is 0 Å². The highest BCUT2D eigenvalue weighted by Crippen LogP contribution is 2.13. The van der Waals surface area contributed by atoms with Gasteiger partial charge in [-0.15, -0.1) is 0 Å². The Hall–Kier alpha value is -1.36. The minimum absolute atomic E-state index is 0.127. The molecule has 0 bridgehead atoms. The zero-order valence-corrected chi connectivity index (χ0v) is 11.2. The molecule has 0 aliphatic carbocycles. The number of hydrogen-bond donors (Lipinski definition) is 0. The maximum Gasteiger partial charge on any atom is 0.309 e. The molecule has 0 radical (unpaired) electrons. The van der Waals surface area contributed by atoms with E-state index >= 15 is 0 Å². The van der Waals surface area contributed by atoms with Crippen LogP contribution < -0.4 is 0 Å². The maximum atomic E-state index is 11.4. The van der Waals surface area contributed by atoms with Gasteiger partial charge in [-0.1, -0.05) is 6.92 Å². The van der Waals surface area contributed by atoms with Crippen molar-refractivity contribution in [3.8, 4) is 0 Å². The van der Waals surface area contributed by atoms with E-state index in [0.29, 0.717) is 0 Å². The van der Waals surface area contributed by atoms with Crippen LogP contribution in [0.5, 0.6) is 0 Å². The smallest absolute Gasteiger partial charge is 0.309 e. The Morgan fingerprint density at radius 1 is 1.59 bits per heavy atom. The Labute approximate surface area is 102 Å². The van der Waals surface area contributed by atoms with Gasteiger partial charge in [-0.2, -0.15) is 5.10 Å². The number of aryl methyl sites for hydroxylation is 1. The van der Waals surface area contributed by atoms with Gasteiger partial charge in [-0.25, -0.2) is 0 Å². The van der Waals surface area contributed by atoms with Crippen molar-refractivity contribution in [1.82, 2.24) is 14.7 Å². The quantitative estimate of drug-likeness (QED) is 0.721. The maximum absolute atomic E-state index is 11.4. The van der Waals surface area contributed by atoms with Gasteiger partial charge in [0.05, 0.1) is 19.2 Å². The Balaban J connectivity index is 2.57. The highest BCUT2D eigenvalue weighted by molar-refractivity contribution is 5.72. The third-order valence-electron chi connectivity index (χ3n) is 3.18. The van der Waals surface area contributed by atoms with Crippen molar-refractivity contribution in [2.45, 2.75) is 26.4 Å². The van der Waals surface area contributed by atoms with Crippen LogP contribution in [0.3, 0.4) is 0 Å². The molecular formula is C12H21N3O2. The molecule has 1 aromatic rings. The number of methoxy groups -OCH3 is 1. The predicted molar refractivity (Wildman–Crippen MR) is 65.3 cm³/mol. The number of hydrogen-bond acceptors (Lipinski definition) is 4. The molecule has 0 saturated carbocycles. The van der Waals surface area contributed by atoms with Crippen molar-refractivity contribution in [3.05, 3.63) is 18.0 Å². The van der Waals surface area contributed by atoms with E-state index in [9.17, 15) is 4.79 Å². The van der Waals surface area contributed by atoms with Gasteiger partial charge < -0.3 is 4.74 Å². The zero-order valence-electron chi connectivity index (χ0n) is 11.2. The molecule has 0 aliphatic rings. The van der Waals surface area contributed by atoms with E-state index in [1.807, 2.05) is 40.3 Å². The number of esters is 1. The third kappa shape index (κ3) is 3.56. The van der Waals surface area contributed by atoms with E-state index in [1.54, 1.807) is 4.68 Å². The number of rotatable bonds is 5. The van der Waals surface area contributed by atoms with Crippen LogP contribution in [0, 0.1) is 5.92 Å². The molecular weight excluding hydrogens is 218 g/mol. The van der Waals surface area contributed by atoms with Gasteiger partial charge in [0.1, 0.15) is 0 Å². The fourth-order valence-corrected chi connectivity index (χ4v) is 1.75. The minimum Gasteiger partial charge on any atom is -0.469 e. The number of ether oxygens (including phenoxy) is 1. The number of nitrogens with zero attached hydrogens (tertiary/aromatic N) is 3. The lowest BCUT2D eigenvalue weighted by atomic mass is 10.0. The van der Waals surface area contributed by atoms with E-state index in [2.05, 4.69) is 10.00 Å². The van der Waals surface area contributed by atoms with E-state index < -0.39 is 0 Å². The van der Waals surface area contributed by atoms with E-state index in [0.717, 1.165) is 12.1 Å². The summed E-state index contributed by atoms with van der Waals surface area (Å²) < 4.78 is 6.53. The summed E-state index contributed by atoms with van der Waals surface area (Å²) in [5, 5.41) is 4.12. The summed E-state index contributed by atoms with van der Waals surface area (Å²) in [6.07, 6.45) is 3.82. The van der Waals surface area contributed by atoms with Crippen molar-refractivity contribution in [2.75, 3.05) is 14.2 Å². The molecule has 0 N–H and O–H groups in total. The molecule has 1 aromatic heterocycles. The molecule has 0 aromatic carbocycles. The third-order valence-corrected chi connectivity index (χ3v) is 3.18. The van der Waals surface area contributed by atoms with Crippen molar-refractivity contribution in [3.63, 3.8) is 0 Å². The second-order valence-electron chi connectivity index (χ2n) is 4.49. The van der Waals surface area contributed by atoms with Crippen LogP contribution in [-0.2, 0) is 23.1 Å². The van der Waals surface area contributed by atoms with Crippen LogP contribution in [0.1, 0.15) is 19.4 Å². The lowest BCUT2D eigenvalue weighted by molar-refractivity contribution is -0.146. The highest BCUT2D eigenvalue weighted by atomic mass is 16.5. The van der Waals surface area contributed by atoms with Crippen molar-refractivity contribution < 1.29 is 9.53 Å². The summed E-state index contributed by atoms with van der Waals surface area (Å²) in [4.78, 5) is 13.6. The van der Waals surface area contributed by atoms with Gasteiger partial charge >= 0.3 is 5.97 Å². The topological polar surface area (TPSA) is 47.4 Å². The molecule has 1 heterocycles. The van der Waals surface area contributed by atoms with Gasteiger partial charge in [0.25, 0.3) is 0 Å². The van der Waals surface area contributed by atoms with Gasteiger partial charge in [0.2, 0.25) is 0 Å². The standard InChI is InChI=1S/C12H21N3O2/c1-9(12(16)17-5)10(2)14(3)7-11-6-13-15(4)8-11/h6,8-10H,7H2,1-5H3. The van der Waals surface area contributed by atoms with Crippen LogP contribution in [0.15, 0.2) is 12.4 Å². The van der Waals surface area contributed by atoms with Gasteiger partial charge in [0.15, 0.2) is 0 Å². The summed E-state index contributed by atoms with van der Waals surface area (Å²) in [6.45, 7) is 4.69. The highest BCUT2D eigenvalue weighted by Gasteiger charge is 2.24. The number of carbonyl (C=O) groups excluding carboxylic acids is 1. The first-order valence-electron chi connectivity index (χ1n) is 5.71. The van der Waals surface area contributed by atoms with Crippen LogP contribution in [0.2, 0.25) is 0 Å². The molecule has 0 spiro atoms. The summed E-state index contributed by atoms with van der Waals surface area (Å²) in [7, 11) is 5.31. The Bertz CT molecular complexity index is 376. The largest absolute Gasteiger partial charge is 0.469 e.